The van der Waals surface area contributed by atoms with Gasteiger partial charge in [-0.05, 0) is 30.2 Å². The van der Waals surface area contributed by atoms with Gasteiger partial charge in [0.1, 0.15) is 6.61 Å². The number of carbonyl (C=O) groups excluding carboxylic acids is 1. The van der Waals surface area contributed by atoms with E-state index in [0.29, 0.717) is 11.3 Å². The van der Waals surface area contributed by atoms with E-state index in [1.807, 2.05) is 13.0 Å². The number of rotatable bonds is 3. The fraction of sp³-hybridized carbons (Fsp3) is 0.300. The molecule has 1 rings (SSSR count). The van der Waals surface area contributed by atoms with Crippen LogP contribution >= 0.6 is 0 Å². The van der Waals surface area contributed by atoms with Gasteiger partial charge >= 0.3 is 0 Å². The summed E-state index contributed by atoms with van der Waals surface area (Å²) in [5.41, 5.74) is 7.66. The van der Waals surface area contributed by atoms with Crippen molar-refractivity contribution in [2.45, 2.75) is 13.3 Å². The van der Waals surface area contributed by atoms with Crippen LogP contribution < -0.4 is 5.73 Å². The number of aliphatic hydroxyl groups excluding tert-OH is 1. The van der Waals surface area contributed by atoms with Crippen molar-refractivity contribution in [3.8, 4) is 0 Å². The molecule has 3 N–H and O–H groups in total. The predicted molar refractivity (Wildman–Crippen MR) is 51.6 cm³/mol. The highest BCUT2D eigenvalue weighted by atomic mass is 16.3. The average Bonchev–Trinajstić information content (AvgIpc) is 2.15. The van der Waals surface area contributed by atoms with E-state index in [4.69, 9.17) is 10.8 Å². The highest BCUT2D eigenvalue weighted by molar-refractivity contribution is 5.97. The van der Waals surface area contributed by atoms with Gasteiger partial charge in [0.2, 0.25) is 0 Å². The second kappa shape index (κ2) is 4.05. The molecule has 0 amide bonds. The second-order valence-corrected chi connectivity index (χ2v) is 2.90. The number of anilines is 1. The fourth-order valence-electron chi connectivity index (χ4n) is 1.17. The van der Waals surface area contributed by atoms with Gasteiger partial charge in [0.15, 0.2) is 5.78 Å². The summed E-state index contributed by atoms with van der Waals surface area (Å²) in [6.45, 7) is 1.52. The molecule has 0 radical (unpaired) electrons. The van der Waals surface area contributed by atoms with Crippen LogP contribution in [0.5, 0.6) is 0 Å². The van der Waals surface area contributed by atoms with E-state index in [0.717, 1.165) is 12.0 Å². The minimum atomic E-state index is -0.466. The molecule has 0 fully saturated rings. The summed E-state index contributed by atoms with van der Waals surface area (Å²) in [4.78, 5) is 11.1. The molecule has 13 heavy (non-hydrogen) atoms. The molecule has 0 saturated heterocycles. The normalized spacial score (nSPS) is 10.0. The second-order valence-electron chi connectivity index (χ2n) is 2.90. The fourth-order valence-corrected chi connectivity index (χ4v) is 1.17. The van der Waals surface area contributed by atoms with Gasteiger partial charge in [-0.3, -0.25) is 4.79 Å². The average molecular weight is 179 g/mol. The molecular formula is C10H13NO2. The number of aryl methyl sites for hydroxylation is 1. The zero-order valence-electron chi connectivity index (χ0n) is 7.58. The number of nitrogen functional groups attached to an aromatic ring is 1. The van der Waals surface area contributed by atoms with Crippen molar-refractivity contribution in [2.75, 3.05) is 12.3 Å². The van der Waals surface area contributed by atoms with Gasteiger partial charge in [0, 0.05) is 11.3 Å². The Balaban J connectivity index is 3.08. The topological polar surface area (TPSA) is 63.3 Å². The van der Waals surface area contributed by atoms with Crippen LogP contribution in [-0.4, -0.2) is 17.5 Å². The number of Topliss-reactive ketones (excluding diaryl/α,β-unsaturated/α-hetero) is 1. The van der Waals surface area contributed by atoms with E-state index in [1.165, 1.54) is 0 Å². The maximum absolute atomic E-state index is 11.1. The van der Waals surface area contributed by atoms with Gasteiger partial charge in [-0.15, -0.1) is 0 Å². The minimum Gasteiger partial charge on any atom is -0.399 e. The summed E-state index contributed by atoms with van der Waals surface area (Å²) >= 11 is 0. The maximum atomic E-state index is 11.1. The van der Waals surface area contributed by atoms with Gasteiger partial charge in [-0.2, -0.15) is 0 Å². The standard InChI is InChI=1S/C10H13NO2/c1-2-7-3-8(10(13)6-12)5-9(11)4-7/h3-5,12H,2,6,11H2,1H3. The van der Waals surface area contributed by atoms with Crippen LogP contribution in [0.4, 0.5) is 5.69 Å². The van der Waals surface area contributed by atoms with Crippen molar-refractivity contribution < 1.29 is 9.90 Å². The Morgan fingerprint density at radius 3 is 2.69 bits per heavy atom. The summed E-state index contributed by atoms with van der Waals surface area (Å²) in [6.07, 6.45) is 0.830. The minimum absolute atomic E-state index is 0.290. The summed E-state index contributed by atoms with van der Waals surface area (Å²) < 4.78 is 0. The number of aliphatic hydroxyl groups is 1. The zero-order chi connectivity index (χ0) is 9.84. The molecule has 3 nitrogen and oxygen atoms in total. The number of ketones is 1. The molecule has 1 aromatic carbocycles. The Hall–Kier alpha value is -1.35. The maximum Gasteiger partial charge on any atom is 0.188 e. The van der Waals surface area contributed by atoms with E-state index in [9.17, 15) is 4.79 Å². The zero-order valence-corrected chi connectivity index (χ0v) is 7.58. The van der Waals surface area contributed by atoms with E-state index < -0.39 is 6.61 Å². The van der Waals surface area contributed by atoms with E-state index in [2.05, 4.69) is 0 Å². The predicted octanol–water partition coefficient (Wildman–Crippen LogP) is 1.01. The number of nitrogens with two attached hydrogens (primary N) is 1. The van der Waals surface area contributed by atoms with Gasteiger partial charge in [0.25, 0.3) is 0 Å². The van der Waals surface area contributed by atoms with Crippen LogP contribution in [0.25, 0.3) is 0 Å². The summed E-state index contributed by atoms with van der Waals surface area (Å²) in [5, 5.41) is 8.65. The van der Waals surface area contributed by atoms with Crippen molar-refractivity contribution in [3.05, 3.63) is 29.3 Å². The summed E-state index contributed by atoms with van der Waals surface area (Å²) in [5.74, 6) is -0.290. The Bertz CT molecular complexity index is 321. The van der Waals surface area contributed by atoms with Crippen LogP contribution in [-0.2, 0) is 6.42 Å². The third-order valence-electron chi connectivity index (χ3n) is 1.89. The Labute approximate surface area is 77.2 Å². The van der Waals surface area contributed by atoms with E-state index in [-0.39, 0.29) is 5.78 Å². The first-order valence-electron chi connectivity index (χ1n) is 4.21. The van der Waals surface area contributed by atoms with Gasteiger partial charge in [-0.1, -0.05) is 6.92 Å². The van der Waals surface area contributed by atoms with E-state index in [1.54, 1.807) is 12.1 Å². The molecule has 0 bridgehead atoms. The molecule has 0 spiro atoms. The van der Waals surface area contributed by atoms with E-state index >= 15 is 0 Å². The van der Waals surface area contributed by atoms with Gasteiger partial charge in [0.05, 0.1) is 0 Å². The summed E-state index contributed by atoms with van der Waals surface area (Å²) in [6, 6.07) is 5.17. The third-order valence-corrected chi connectivity index (χ3v) is 1.89. The molecule has 0 heterocycles. The first-order valence-corrected chi connectivity index (χ1v) is 4.21. The van der Waals surface area contributed by atoms with Gasteiger partial charge in [-0.25, -0.2) is 0 Å². The molecule has 0 aromatic heterocycles. The molecule has 0 atom stereocenters. The van der Waals surface area contributed by atoms with Crippen molar-refractivity contribution in [2.24, 2.45) is 0 Å². The molecule has 70 valence electrons. The first kappa shape index (κ1) is 9.74. The smallest absolute Gasteiger partial charge is 0.188 e. The Morgan fingerprint density at radius 2 is 2.15 bits per heavy atom. The lowest BCUT2D eigenvalue weighted by molar-refractivity contribution is 0.0903. The van der Waals surface area contributed by atoms with Crippen LogP contribution in [0.1, 0.15) is 22.8 Å². The SMILES string of the molecule is CCc1cc(N)cc(C(=O)CO)c1. The number of hydrogen-bond acceptors (Lipinski definition) is 3. The van der Waals surface area contributed by atoms with Crippen LogP contribution in [0, 0.1) is 0 Å². The molecule has 0 aliphatic rings. The highest BCUT2D eigenvalue weighted by Crippen LogP contribution is 2.12. The number of carbonyl (C=O) groups is 1. The van der Waals surface area contributed by atoms with Crippen LogP contribution in [0.15, 0.2) is 18.2 Å². The Kier molecular flexibility index (Phi) is 3.03. The number of hydrogen-bond donors (Lipinski definition) is 2. The lowest BCUT2D eigenvalue weighted by atomic mass is 10.0. The monoisotopic (exact) mass is 179 g/mol. The molecule has 0 aliphatic heterocycles. The van der Waals surface area contributed by atoms with Crippen LogP contribution in [0.2, 0.25) is 0 Å². The molecule has 3 heteroatoms. The van der Waals surface area contributed by atoms with Crippen molar-refractivity contribution in [1.82, 2.24) is 0 Å². The molecule has 0 aliphatic carbocycles. The van der Waals surface area contributed by atoms with Gasteiger partial charge < -0.3 is 10.8 Å². The first-order chi connectivity index (χ1) is 6.17. The van der Waals surface area contributed by atoms with Crippen LogP contribution in [0.3, 0.4) is 0 Å². The lowest BCUT2D eigenvalue weighted by Crippen LogP contribution is -2.05. The third kappa shape index (κ3) is 2.29. The van der Waals surface area contributed by atoms with Crippen molar-refractivity contribution in [1.29, 1.82) is 0 Å². The highest BCUT2D eigenvalue weighted by Gasteiger charge is 2.05. The largest absolute Gasteiger partial charge is 0.399 e. The Morgan fingerprint density at radius 1 is 1.46 bits per heavy atom. The molecule has 1 aromatic rings. The molecular weight excluding hydrogens is 166 g/mol. The molecule has 0 unspecified atom stereocenters. The quantitative estimate of drug-likeness (QED) is 0.537. The van der Waals surface area contributed by atoms with Crippen molar-refractivity contribution in [3.63, 3.8) is 0 Å². The van der Waals surface area contributed by atoms with Crippen molar-refractivity contribution >= 4 is 11.5 Å². The molecule has 0 saturated carbocycles. The lowest BCUT2D eigenvalue weighted by Gasteiger charge is -2.03. The summed E-state index contributed by atoms with van der Waals surface area (Å²) in [7, 11) is 0. The number of benzene rings is 1.